The van der Waals surface area contributed by atoms with Gasteiger partial charge < -0.3 is 5.11 Å². The van der Waals surface area contributed by atoms with Crippen LogP contribution >= 0.6 is 11.5 Å². The molecule has 1 aromatic carbocycles. The Balaban J connectivity index is 2.44. The number of aromatic nitrogens is 2. The van der Waals surface area contributed by atoms with E-state index < -0.39 is 6.10 Å². The molecule has 0 saturated heterocycles. The van der Waals surface area contributed by atoms with Crippen LogP contribution in [-0.4, -0.2) is 14.7 Å². The Kier molecular flexibility index (Phi) is 3.54. The van der Waals surface area contributed by atoms with Crippen molar-refractivity contribution >= 4 is 11.5 Å². The summed E-state index contributed by atoms with van der Waals surface area (Å²) in [5, 5.41) is 14.5. The van der Waals surface area contributed by atoms with Crippen molar-refractivity contribution in [2.45, 2.75) is 33.3 Å². The smallest absolute Gasteiger partial charge is 0.117 e. The van der Waals surface area contributed by atoms with E-state index in [1.54, 1.807) is 0 Å². The zero-order valence-corrected chi connectivity index (χ0v) is 11.1. The molecule has 2 rings (SSSR count). The van der Waals surface area contributed by atoms with Crippen molar-refractivity contribution in [1.29, 1.82) is 0 Å². The predicted octanol–water partition coefficient (Wildman–Crippen LogP) is 2.80. The normalized spacial score (nSPS) is 12.7. The van der Waals surface area contributed by atoms with Crippen LogP contribution in [0.5, 0.6) is 0 Å². The third kappa shape index (κ3) is 2.23. The molecule has 1 aromatic heterocycles. The number of hydrogen-bond donors (Lipinski definition) is 1. The molecule has 0 aliphatic rings. The van der Waals surface area contributed by atoms with Crippen molar-refractivity contribution in [1.82, 2.24) is 9.59 Å². The Morgan fingerprint density at radius 2 is 2.12 bits per heavy atom. The van der Waals surface area contributed by atoms with Crippen molar-refractivity contribution in [3.8, 4) is 0 Å². The molecule has 1 N–H and O–H groups in total. The molecule has 4 heteroatoms. The Hall–Kier alpha value is -1.26. The number of benzene rings is 1. The zero-order valence-electron chi connectivity index (χ0n) is 10.3. The first-order chi connectivity index (χ1) is 8.15. The van der Waals surface area contributed by atoms with Gasteiger partial charge in [0, 0.05) is 0 Å². The highest BCUT2D eigenvalue weighted by molar-refractivity contribution is 7.05. The van der Waals surface area contributed by atoms with Gasteiger partial charge in [0.25, 0.3) is 0 Å². The minimum absolute atomic E-state index is 0.607. The molecule has 17 heavy (non-hydrogen) atoms. The maximum absolute atomic E-state index is 10.4. The molecular formula is C13H16N2OS. The molecule has 90 valence electrons. The first kappa shape index (κ1) is 12.2. The van der Waals surface area contributed by atoms with Gasteiger partial charge in [0.1, 0.15) is 6.10 Å². The summed E-state index contributed by atoms with van der Waals surface area (Å²) in [6, 6.07) is 5.99. The number of aliphatic hydroxyl groups excluding tert-OH is 1. The molecule has 0 saturated carbocycles. The molecule has 0 aliphatic heterocycles. The van der Waals surface area contributed by atoms with E-state index in [0.717, 1.165) is 28.1 Å². The van der Waals surface area contributed by atoms with Crippen LogP contribution in [0.15, 0.2) is 18.2 Å². The molecule has 1 heterocycles. The summed E-state index contributed by atoms with van der Waals surface area (Å²) in [6.07, 6.45) is 0.193. The standard InChI is InChI=1S/C13H16N2OS/c1-4-11-13(17-15-14-11)12(16)10-7-5-6-8(2)9(10)3/h5-7,12,16H,4H2,1-3H3. The topological polar surface area (TPSA) is 46.0 Å². The van der Waals surface area contributed by atoms with Gasteiger partial charge in [-0.15, -0.1) is 5.10 Å². The lowest BCUT2D eigenvalue weighted by Crippen LogP contribution is -2.03. The molecular weight excluding hydrogens is 232 g/mol. The number of nitrogens with zero attached hydrogens (tertiary/aromatic N) is 2. The summed E-state index contributed by atoms with van der Waals surface area (Å²) in [7, 11) is 0. The first-order valence-corrected chi connectivity index (χ1v) is 6.47. The maximum atomic E-state index is 10.4. The Labute approximate surface area is 105 Å². The fraction of sp³-hybridized carbons (Fsp3) is 0.385. The average molecular weight is 248 g/mol. The summed E-state index contributed by atoms with van der Waals surface area (Å²) in [5.74, 6) is 0. The Bertz CT molecular complexity index is 522. The van der Waals surface area contributed by atoms with Crippen molar-refractivity contribution in [3.05, 3.63) is 45.5 Å². The van der Waals surface area contributed by atoms with E-state index in [1.165, 1.54) is 17.1 Å². The van der Waals surface area contributed by atoms with Gasteiger partial charge in [0.15, 0.2) is 0 Å². The van der Waals surface area contributed by atoms with Crippen LogP contribution in [0.3, 0.4) is 0 Å². The minimum Gasteiger partial charge on any atom is -0.383 e. The molecule has 3 nitrogen and oxygen atoms in total. The van der Waals surface area contributed by atoms with E-state index in [0.29, 0.717) is 0 Å². The molecule has 0 aliphatic carbocycles. The van der Waals surface area contributed by atoms with Crippen LogP contribution in [0, 0.1) is 13.8 Å². The van der Waals surface area contributed by atoms with Crippen molar-refractivity contribution in [3.63, 3.8) is 0 Å². The summed E-state index contributed by atoms with van der Waals surface area (Å²) in [6.45, 7) is 6.11. The minimum atomic E-state index is -0.607. The van der Waals surface area contributed by atoms with E-state index in [1.807, 2.05) is 26.0 Å². The van der Waals surface area contributed by atoms with Gasteiger partial charge in [-0.1, -0.05) is 29.6 Å². The molecule has 2 aromatic rings. The van der Waals surface area contributed by atoms with E-state index in [4.69, 9.17) is 0 Å². The monoisotopic (exact) mass is 248 g/mol. The zero-order chi connectivity index (χ0) is 12.4. The highest BCUT2D eigenvalue weighted by Crippen LogP contribution is 2.30. The SMILES string of the molecule is CCc1nnsc1C(O)c1cccc(C)c1C. The van der Waals surface area contributed by atoms with Gasteiger partial charge in [-0.25, -0.2) is 0 Å². The first-order valence-electron chi connectivity index (χ1n) is 5.70. The van der Waals surface area contributed by atoms with Gasteiger partial charge >= 0.3 is 0 Å². The summed E-state index contributed by atoms with van der Waals surface area (Å²) in [5.41, 5.74) is 4.17. The lowest BCUT2D eigenvalue weighted by molar-refractivity contribution is 0.222. The Morgan fingerprint density at radius 1 is 1.35 bits per heavy atom. The van der Waals surface area contributed by atoms with Crippen molar-refractivity contribution in [2.75, 3.05) is 0 Å². The molecule has 0 radical (unpaired) electrons. The van der Waals surface area contributed by atoms with Crippen LogP contribution in [0.4, 0.5) is 0 Å². The highest BCUT2D eigenvalue weighted by atomic mass is 32.1. The van der Waals surface area contributed by atoms with Crippen molar-refractivity contribution in [2.24, 2.45) is 0 Å². The highest BCUT2D eigenvalue weighted by Gasteiger charge is 2.19. The second-order valence-electron chi connectivity index (χ2n) is 4.13. The van der Waals surface area contributed by atoms with Gasteiger partial charge in [-0.05, 0) is 48.5 Å². The molecule has 1 atom stereocenters. The van der Waals surface area contributed by atoms with Crippen LogP contribution in [0.2, 0.25) is 0 Å². The molecule has 0 spiro atoms. The number of aryl methyl sites for hydroxylation is 2. The predicted molar refractivity (Wildman–Crippen MR) is 69.3 cm³/mol. The molecule has 1 unspecified atom stereocenters. The molecule has 0 bridgehead atoms. The quantitative estimate of drug-likeness (QED) is 0.908. The average Bonchev–Trinajstić information content (AvgIpc) is 2.80. The maximum Gasteiger partial charge on any atom is 0.117 e. The third-order valence-corrected chi connectivity index (χ3v) is 3.93. The molecule has 0 amide bonds. The van der Waals surface area contributed by atoms with E-state index in [2.05, 4.69) is 22.6 Å². The van der Waals surface area contributed by atoms with Crippen LogP contribution in [0.25, 0.3) is 0 Å². The van der Waals surface area contributed by atoms with E-state index >= 15 is 0 Å². The summed E-state index contributed by atoms with van der Waals surface area (Å²) >= 11 is 1.28. The lowest BCUT2D eigenvalue weighted by Gasteiger charge is -2.14. The van der Waals surface area contributed by atoms with E-state index in [9.17, 15) is 5.11 Å². The number of hydrogen-bond acceptors (Lipinski definition) is 4. The fourth-order valence-electron chi connectivity index (χ4n) is 1.88. The summed E-state index contributed by atoms with van der Waals surface area (Å²) in [4.78, 5) is 0.862. The third-order valence-electron chi connectivity index (χ3n) is 3.11. The second kappa shape index (κ2) is 4.94. The number of rotatable bonds is 3. The largest absolute Gasteiger partial charge is 0.383 e. The summed E-state index contributed by atoms with van der Waals surface area (Å²) < 4.78 is 3.92. The Morgan fingerprint density at radius 3 is 2.82 bits per heavy atom. The second-order valence-corrected chi connectivity index (χ2v) is 4.91. The van der Waals surface area contributed by atoms with Gasteiger partial charge in [0.05, 0.1) is 10.6 Å². The van der Waals surface area contributed by atoms with Gasteiger partial charge in [0.2, 0.25) is 0 Å². The van der Waals surface area contributed by atoms with Crippen molar-refractivity contribution < 1.29 is 5.11 Å². The lowest BCUT2D eigenvalue weighted by atomic mass is 9.97. The van der Waals surface area contributed by atoms with Crippen LogP contribution < -0.4 is 0 Å². The molecule has 0 fully saturated rings. The van der Waals surface area contributed by atoms with Crippen LogP contribution in [-0.2, 0) is 6.42 Å². The van der Waals surface area contributed by atoms with Crippen LogP contribution in [0.1, 0.15) is 40.3 Å². The van der Waals surface area contributed by atoms with E-state index in [-0.39, 0.29) is 0 Å². The van der Waals surface area contributed by atoms with Gasteiger partial charge in [-0.2, -0.15) is 0 Å². The number of aliphatic hydroxyl groups is 1. The fourth-order valence-corrected chi connectivity index (χ4v) is 2.62. The van der Waals surface area contributed by atoms with Gasteiger partial charge in [-0.3, -0.25) is 0 Å².